The molecule has 98 valence electrons. The molecule has 18 heavy (non-hydrogen) atoms. The summed E-state index contributed by atoms with van der Waals surface area (Å²) < 4.78 is 67.3. The summed E-state index contributed by atoms with van der Waals surface area (Å²) in [5.41, 5.74) is -2.85. The van der Waals surface area contributed by atoms with Gasteiger partial charge in [-0.05, 0) is 6.07 Å². The van der Waals surface area contributed by atoms with E-state index in [2.05, 4.69) is 9.72 Å². The maximum atomic E-state index is 12.6. The highest BCUT2D eigenvalue weighted by molar-refractivity contribution is 5.42. The fourth-order valence-electron chi connectivity index (χ4n) is 1.36. The highest BCUT2D eigenvalue weighted by Crippen LogP contribution is 2.38. The number of hydrogen-bond donors (Lipinski definition) is 0. The summed E-state index contributed by atoms with van der Waals surface area (Å²) in [6.07, 6.45) is -8.57. The normalized spacial score (nSPS) is 11.4. The van der Waals surface area contributed by atoms with Gasteiger partial charge >= 0.3 is 6.18 Å². The van der Waals surface area contributed by atoms with Crippen LogP contribution >= 0.6 is 0 Å². The minimum Gasteiger partial charge on any atom is -0.494 e. The van der Waals surface area contributed by atoms with Gasteiger partial charge in [0.1, 0.15) is 5.69 Å². The van der Waals surface area contributed by atoms with Crippen LogP contribution in [-0.2, 0) is 12.6 Å². The maximum Gasteiger partial charge on any atom is 0.437 e. The molecule has 1 aromatic rings. The van der Waals surface area contributed by atoms with Crippen LogP contribution in [-0.4, -0.2) is 12.1 Å². The summed E-state index contributed by atoms with van der Waals surface area (Å²) in [7, 11) is 0.954. The summed E-state index contributed by atoms with van der Waals surface area (Å²) >= 11 is 0. The maximum absolute atomic E-state index is 12.6. The van der Waals surface area contributed by atoms with Crippen LogP contribution in [0.15, 0.2) is 6.07 Å². The van der Waals surface area contributed by atoms with E-state index >= 15 is 0 Å². The number of hydrogen-bond acceptors (Lipinski definition) is 3. The Balaban J connectivity index is 3.52. The van der Waals surface area contributed by atoms with Crippen molar-refractivity contribution in [2.75, 3.05) is 7.11 Å². The van der Waals surface area contributed by atoms with Crippen molar-refractivity contribution in [3.05, 3.63) is 23.0 Å². The third kappa shape index (κ3) is 2.85. The van der Waals surface area contributed by atoms with Gasteiger partial charge in [-0.15, -0.1) is 0 Å². The Kier molecular flexibility index (Phi) is 4.06. The van der Waals surface area contributed by atoms with Crippen molar-refractivity contribution >= 4 is 0 Å². The molecule has 0 saturated carbocycles. The van der Waals surface area contributed by atoms with Crippen LogP contribution in [0.4, 0.5) is 22.0 Å². The number of pyridine rings is 1. The van der Waals surface area contributed by atoms with Gasteiger partial charge in [0.2, 0.25) is 0 Å². The largest absolute Gasteiger partial charge is 0.494 e. The van der Waals surface area contributed by atoms with Crippen molar-refractivity contribution in [2.45, 2.75) is 19.0 Å². The van der Waals surface area contributed by atoms with Crippen LogP contribution < -0.4 is 4.74 Å². The van der Waals surface area contributed by atoms with Gasteiger partial charge in [0, 0.05) is 5.56 Å². The first-order valence-electron chi connectivity index (χ1n) is 4.61. The van der Waals surface area contributed by atoms with Gasteiger partial charge in [0.25, 0.3) is 6.43 Å². The molecule has 0 aromatic carbocycles. The van der Waals surface area contributed by atoms with E-state index in [-0.39, 0.29) is 5.56 Å². The lowest BCUT2D eigenvalue weighted by molar-refractivity contribution is -0.142. The number of aromatic nitrogens is 1. The molecule has 0 aliphatic rings. The van der Waals surface area contributed by atoms with Crippen molar-refractivity contribution in [3.63, 3.8) is 0 Å². The van der Waals surface area contributed by atoms with Gasteiger partial charge in [-0.1, -0.05) is 0 Å². The van der Waals surface area contributed by atoms with Crippen molar-refractivity contribution in [2.24, 2.45) is 0 Å². The fourth-order valence-corrected chi connectivity index (χ4v) is 1.36. The SMILES string of the molecule is COc1c(CC#N)cc(C(F)F)nc1C(F)(F)F. The molecule has 0 spiro atoms. The molecule has 0 N–H and O–H groups in total. The molecule has 1 rings (SSSR count). The van der Waals surface area contributed by atoms with Gasteiger partial charge in [0.15, 0.2) is 11.4 Å². The molecule has 3 nitrogen and oxygen atoms in total. The second-order valence-electron chi connectivity index (χ2n) is 3.22. The smallest absolute Gasteiger partial charge is 0.437 e. The van der Waals surface area contributed by atoms with E-state index in [1.807, 2.05) is 0 Å². The Morgan fingerprint density at radius 2 is 2.06 bits per heavy atom. The van der Waals surface area contributed by atoms with Gasteiger partial charge in [-0.2, -0.15) is 18.4 Å². The Morgan fingerprint density at radius 1 is 1.44 bits per heavy atom. The summed E-state index contributed by atoms with van der Waals surface area (Å²) in [4.78, 5) is 2.85. The quantitative estimate of drug-likeness (QED) is 0.789. The lowest BCUT2D eigenvalue weighted by atomic mass is 10.1. The molecule has 0 amide bonds. The zero-order valence-electron chi connectivity index (χ0n) is 9.05. The van der Waals surface area contributed by atoms with E-state index < -0.39 is 36.2 Å². The number of alkyl halides is 5. The van der Waals surface area contributed by atoms with Crippen LogP contribution in [0, 0.1) is 11.3 Å². The topological polar surface area (TPSA) is 45.9 Å². The van der Waals surface area contributed by atoms with Crippen LogP contribution in [0.2, 0.25) is 0 Å². The standard InChI is InChI=1S/C10H7F5N2O/c1-18-7-5(2-3-16)4-6(9(11)12)17-8(7)10(13,14)15/h4,9H,2H2,1H3. The molecule has 8 heteroatoms. The lowest BCUT2D eigenvalue weighted by Gasteiger charge is -2.15. The first-order valence-corrected chi connectivity index (χ1v) is 4.61. The van der Waals surface area contributed by atoms with Crippen LogP contribution in [0.25, 0.3) is 0 Å². The Hall–Kier alpha value is -1.91. The molecule has 0 saturated heterocycles. The fraction of sp³-hybridized carbons (Fsp3) is 0.400. The molecule has 1 heterocycles. The Morgan fingerprint density at radius 3 is 2.44 bits per heavy atom. The van der Waals surface area contributed by atoms with Gasteiger partial charge < -0.3 is 4.74 Å². The zero-order chi connectivity index (χ0) is 13.9. The molecule has 0 aliphatic carbocycles. The van der Waals surface area contributed by atoms with Crippen LogP contribution in [0.3, 0.4) is 0 Å². The highest BCUT2D eigenvalue weighted by Gasteiger charge is 2.38. The predicted octanol–water partition coefficient (Wildman–Crippen LogP) is 3.11. The monoisotopic (exact) mass is 266 g/mol. The molecule has 1 aromatic heterocycles. The predicted molar refractivity (Wildman–Crippen MR) is 50.1 cm³/mol. The third-order valence-corrected chi connectivity index (χ3v) is 2.04. The number of halogens is 5. The van der Waals surface area contributed by atoms with Gasteiger partial charge in [-0.25, -0.2) is 13.8 Å². The van der Waals surface area contributed by atoms with E-state index in [0.717, 1.165) is 13.2 Å². The molecule has 0 radical (unpaired) electrons. The molecular weight excluding hydrogens is 259 g/mol. The van der Waals surface area contributed by atoms with Crippen molar-refractivity contribution in [1.82, 2.24) is 4.98 Å². The molecule has 0 atom stereocenters. The summed E-state index contributed by atoms with van der Waals surface area (Å²) in [6, 6.07) is 2.32. The van der Waals surface area contributed by atoms with Crippen LogP contribution in [0.5, 0.6) is 5.75 Å². The number of rotatable bonds is 3. The molecule has 0 aliphatic heterocycles. The second kappa shape index (κ2) is 5.16. The number of nitrogens with zero attached hydrogens (tertiary/aromatic N) is 2. The van der Waals surface area contributed by atoms with E-state index in [0.29, 0.717) is 0 Å². The number of ether oxygens (including phenoxy) is 1. The van der Waals surface area contributed by atoms with Crippen molar-refractivity contribution in [1.29, 1.82) is 5.26 Å². The van der Waals surface area contributed by atoms with Crippen LogP contribution in [0.1, 0.15) is 23.4 Å². The zero-order valence-corrected chi connectivity index (χ0v) is 9.05. The first kappa shape index (κ1) is 14.2. The van der Waals surface area contributed by atoms with Crippen molar-refractivity contribution in [3.8, 4) is 11.8 Å². The lowest BCUT2D eigenvalue weighted by Crippen LogP contribution is -2.14. The number of nitriles is 1. The minimum absolute atomic E-state index is 0.266. The summed E-state index contributed by atoms with van der Waals surface area (Å²) in [5.74, 6) is -0.701. The number of methoxy groups -OCH3 is 1. The second-order valence-corrected chi connectivity index (χ2v) is 3.22. The van der Waals surface area contributed by atoms with E-state index in [4.69, 9.17) is 5.26 Å². The first-order chi connectivity index (χ1) is 8.31. The summed E-state index contributed by atoms with van der Waals surface area (Å²) in [5, 5.41) is 8.47. The average Bonchev–Trinajstić information content (AvgIpc) is 2.27. The van der Waals surface area contributed by atoms with Gasteiger partial charge in [-0.3, -0.25) is 0 Å². The van der Waals surface area contributed by atoms with Crippen molar-refractivity contribution < 1.29 is 26.7 Å². The Labute approximate surface area is 98.8 Å². The third-order valence-electron chi connectivity index (χ3n) is 2.04. The summed E-state index contributed by atoms with van der Waals surface area (Å²) in [6.45, 7) is 0. The van der Waals surface area contributed by atoms with Gasteiger partial charge in [0.05, 0.1) is 19.6 Å². The molecule has 0 unspecified atom stereocenters. The Bertz CT molecular complexity index is 478. The minimum atomic E-state index is -4.93. The molecule has 0 fully saturated rings. The highest BCUT2D eigenvalue weighted by atomic mass is 19.4. The molecule has 0 bridgehead atoms. The van der Waals surface area contributed by atoms with E-state index in [1.165, 1.54) is 0 Å². The van der Waals surface area contributed by atoms with E-state index in [9.17, 15) is 22.0 Å². The van der Waals surface area contributed by atoms with E-state index in [1.54, 1.807) is 6.07 Å². The average molecular weight is 266 g/mol. The molecular formula is C10H7F5N2O.